The van der Waals surface area contributed by atoms with E-state index in [1.165, 1.54) is 18.2 Å². The number of aryl methyl sites for hydroxylation is 1. The molecular weight excluding hydrogens is 294 g/mol. The molecule has 0 radical (unpaired) electrons. The van der Waals surface area contributed by atoms with Crippen LogP contribution in [0.25, 0.3) is 11.0 Å². The number of nitrogens with zero attached hydrogens (tertiary/aromatic N) is 3. The highest BCUT2D eigenvalue weighted by Gasteiger charge is 2.21. The van der Waals surface area contributed by atoms with Gasteiger partial charge in [0.05, 0.1) is 22.5 Å². The predicted octanol–water partition coefficient (Wildman–Crippen LogP) is 3.29. The quantitative estimate of drug-likeness (QED) is 0.815. The van der Waals surface area contributed by atoms with Gasteiger partial charge in [0.25, 0.3) is 0 Å². The summed E-state index contributed by atoms with van der Waals surface area (Å²) in [7, 11) is 0. The van der Waals surface area contributed by atoms with E-state index in [0.29, 0.717) is 11.7 Å². The van der Waals surface area contributed by atoms with Gasteiger partial charge in [0.1, 0.15) is 5.03 Å². The zero-order valence-electron chi connectivity index (χ0n) is 13.1. The lowest BCUT2D eigenvalue weighted by Crippen LogP contribution is -2.40. The Kier molecular flexibility index (Phi) is 4.62. The third kappa shape index (κ3) is 3.40. The Morgan fingerprint density at radius 2 is 2.05 bits per heavy atom. The summed E-state index contributed by atoms with van der Waals surface area (Å²) in [5.74, 6) is 1.27. The average molecular weight is 315 g/mol. The second kappa shape index (κ2) is 6.65. The minimum Gasteiger partial charge on any atom is -0.342 e. The Morgan fingerprint density at radius 3 is 2.77 bits per heavy atom. The lowest BCUT2D eigenvalue weighted by molar-refractivity contribution is -0.130. The molecule has 4 nitrogen and oxygen atoms in total. The lowest BCUT2D eigenvalue weighted by Gasteiger charge is -2.30. The number of piperidine rings is 1. The Labute approximate surface area is 135 Å². The van der Waals surface area contributed by atoms with Gasteiger partial charge in [-0.3, -0.25) is 4.79 Å². The summed E-state index contributed by atoms with van der Waals surface area (Å²) in [4.78, 5) is 23.5. The van der Waals surface area contributed by atoms with Crippen LogP contribution in [0.4, 0.5) is 0 Å². The summed E-state index contributed by atoms with van der Waals surface area (Å²) in [5, 5.41) is 0.858. The molecule has 1 saturated heterocycles. The number of benzene rings is 1. The topological polar surface area (TPSA) is 46.1 Å². The fourth-order valence-corrected chi connectivity index (χ4v) is 3.71. The Bertz CT molecular complexity index is 689. The molecule has 1 aliphatic rings. The highest BCUT2D eigenvalue weighted by Crippen LogP contribution is 2.23. The number of thioether (sulfide) groups is 1. The van der Waals surface area contributed by atoms with Crippen molar-refractivity contribution in [1.29, 1.82) is 0 Å². The van der Waals surface area contributed by atoms with Crippen molar-refractivity contribution in [3.8, 4) is 0 Å². The van der Waals surface area contributed by atoms with Gasteiger partial charge in [-0.2, -0.15) is 0 Å². The van der Waals surface area contributed by atoms with Gasteiger partial charge in [-0.25, -0.2) is 9.97 Å². The van der Waals surface area contributed by atoms with Gasteiger partial charge in [-0.1, -0.05) is 30.8 Å². The van der Waals surface area contributed by atoms with E-state index in [4.69, 9.17) is 0 Å². The van der Waals surface area contributed by atoms with Crippen molar-refractivity contribution in [2.45, 2.75) is 31.7 Å². The van der Waals surface area contributed by atoms with Gasteiger partial charge in [0.15, 0.2) is 0 Å². The van der Waals surface area contributed by atoms with Crippen LogP contribution in [0.15, 0.2) is 29.3 Å². The minimum absolute atomic E-state index is 0.214. The molecular formula is C17H21N3OS. The van der Waals surface area contributed by atoms with Crippen LogP contribution in [0.2, 0.25) is 0 Å². The molecule has 0 aliphatic carbocycles. The zero-order chi connectivity index (χ0) is 15.5. The first-order valence-corrected chi connectivity index (χ1v) is 8.76. The smallest absolute Gasteiger partial charge is 0.232 e. The molecule has 0 saturated carbocycles. The summed E-state index contributed by atoms with van der Waals surface area (Å²) < 4.78 is 0. The Hall–Kier alpha value is -1.62. The molecule has 2 aromatic rings. The van der Waals surface area contributed by atoms with Crippen molar-refractivity contribution in [1.82, 2.24) is 14.9 Å². The van der Waals surface area contributed by atoms with E-state index in [1.54, 1.807) is 0 Å². The second-order valence-corrected chi connectivity index (χ2v) is 6.94. The van der Waals surface area contributed by atoms with Crippen LogP contribution in [0, 0.1) is 12.8 Å². The van der Waals surface area contributed by atoms with E-state index in [0.717, 1.165) is 41.3 Å². The van der Waals surface area contributed by atoms with E-state index in [2.05, 4.69) is 16.9 Å². The summed E-state index contributed by atoms with van der Waals surface area (Å²) in [6, 6.07) is 7.84. The van der Waals surface area contributed by atoms with Crippen LogP contribution in [0.1, 0.15) is 25.5 Å². The molecule has 0 N–H and O–H groups in total. The third-order valence-corrected chi connectivity index (χ3v) is 5.09. The summed E-state index contributed by atoms with van der Waals surface area (Å²) in [6.07, 6.45) is 2.35. The third-order valence-electron chi connectivity index (χ3n) is 4.04. The van der Waals surface area contributed by atoms with Crippen molar-refractivity contribution in [2.75, 3.05) is 18.8 Å². The first-order valence-electron chi connectivity index (χ1n) is 7.77. The van der Waals surface area contributed by atoms with Crippen molar-refractivity contribution < 1.29 is 4.79 Å². The minimum atomic E-state index is 0.214. The highest BCUT2D eigenvalue weighted by molar-refractivity contribution is 7.99. The lowest BCUT2D eigenvalue weighted by atomic mass is 10.0. The van der Waals surface area contributed by atoms with Gasteiger partial charge < -0.3 is 4.90 Å². The number of hydrogen-bond acceptors (Lipinski definition) is 4. The largest absolute Gasteiger partial charge is 0.342 e. The first-order chi connectivity index (χ1) is 10.6. The number of para-hydroxylation sites is 2. The SMILES string of the molecule is Cc1nc2ccccc2nc1SCC(=O)N1CCCC(C)C1. The van der Waals surface area contributed by atoms with Crippen LogP contribution in [-0.2, 0) is 4.79 Å². The highest BCUT2D eigenvalue weighted by atomic mass is 32.2. The van der Waals surface area contributed by atoms with Gasteiger partial charge in [-0.05, 0) is 37.8 Å². The summed E-state index contributed by atoms with van der Waals surface area (Å²) in [5.41, 5.74) is 2.68. The molecule has 1 aromatic heterocycles. The van der Waals surface area contributed by atoms with Crippen LogP contribution in [-0.4, -0.2) is 39.6 Å². The Balaban J connectivity index is 1.68. The fraction of sp³-hybridized carbons (Fsp3) is 0.471. The fourth-order valence-electron chi connectivity index (χ4n) is 2.85. The molecule has 1 atom stereocenters. The maximum absolute atomic E-state index is 12.3. The molecule has 116 valence electrons. The number of amides is 1. The summed E-state index contributed by atoms with van der Waals surface area (Å²) >= 11 is 1.50. The molecule has 1 fully saturated rings. The molecule has 1 aromatic carbocycles. The van der Waals surface area contributed by atoms with E-state index in [1.807, 2.05) is 36.1 Å². The van der Waals surface area contributed by atoms with E-state index >= 15 is 0 Å². The van der Waals surface area contributed by atoms with Crippen molar-refractivity contribution >= 4 is 28.7 Å². The second-order valence-electron chi connectivity index (χ2n) is 5.98. The number of fused-ring (bicyclic) bond motifs is 1. The van der Waals surface area contributed by atoms with Gasteiger partial charge in [0, 0.05) is 13.1 Å². The molecule has 22 heavy (non-hydrogen) atoms. The van der Waals surface area contributed by atoms with Crippen molar-refractivity contribution in [2.24, 2.45) is 5.92 Å². The van der Waals surface area contributed by atoms with Crippen molar-refractivity contribution in [3.05, 3.63) is 30.0 Å². The van der Waals surface area contributed by atoms with Gasteiger partial charge >= 0.3 is 0 Å². The first kappa shape index (κ1) is 15.3. The standard InChI is InChI=1S/C17H21N3OS/c1-12-6-5-9-20(10-12)16(21)11-22-17-13(2)18-14-7-3-4-8-15(14)19-17/h3-4,7-8,12H,5-6,9-11H2,1-2H3. The van der Waals surface area contributed by atoms with Gasteiger partial charge in [-0.15, -0.1) is 0 Å². The number of carbonyl (C=O) groups excluding carboxylic acids is 1. The molecule has 3 rings (SSSR count). The number of carbonyl (C=O) groups is 1. The maximum atomic E-state index is 12.3. The van der Waals surface area contributed by atoms with Gasteiger partial charge in [0.2, 0.25) is 5.91 Å². The van der Waals surface area contributed by atoms with Crippen LogP contribution < -0.4 is 0 Å². The average Bonchev–Trinajstić information content (AvgIpc) is 2.52. The molecule has 1 unspecified atom stereocenters. The van der Waals surface area contributed by atoms with Crippen LogP contribution in [0.5, 0.6) is 0 Å². The number of hydrogen-bond donors (Lipinski definition) is 0. The summed E-state index contributed by atoms with van der Waals surface area (Å²) in [6.45, 7) is 5.95. The van der Waals surface area contributed by atoms with E-state index in [-0.39, 0.29) is 5.91 Å². The molecule has 2 heterocycles. The molecule has 5 heteroatoms. The normalized spacial score (nSPS) is 18.6. The van der Waals surface area contributed by atoms with Crippen molar-refractivity contribution in [3.63, 3.8) is 0 Å². The van der Waals surface area contributed by atoms with E-state index in [9.17, 15) is 4.79 Å². The number of likely N-dealkylation sites (tertiary alicyclic amines) is 1. The zero-order valence-corrected chi connectivity index (χ0v) is 13.9. The molecule has 0 spiro atoms. The molecule has 1 amide bonds. The number of aromatic nitrogens is 2. The van der Waals surface area contributed by atoms with E-state index < -0.39 is 0 Å². The Morgan fingerprint density at radius 1 is 1.32 bits per heavy atom. The maximum Gasteiger partial charge on any atom is 0.232 e. The molecule has 1 aliphatic heterocycles. The van der Waals surface area contributed by atoms with Crippen LogP contribution in [0.3, 0.4) is 0 Å². The van der Waals surface area contributed by atoms with Crippen LogP contribution >= 0.6 is 11.8 Å². The number of rotatable bonds is 3. The monoisotopic (exact) mass is 315 g/mol. The predicted molar refractivity (Wildman–Crippen MR) is 90.0 cm³/mol. The molecule has 0 bridgehead atoms.